The third kappa shape index (κ3) is 34.1. The molecule has 0 aromatic heterocycles. The number of hydrogen-bond acceptors (Lipinski definition) is 1. The maximum absolute atomic E-state index is 5.07. The number of halogens is 1. The second-order valence-corrected chi connectivity index (χ2v) is 1.50. The molecule has 0 aliphatic carbocycles. The summed E-state index contributed by atoms with van der Waals surface area (Å²) in [5, 5.41) is 0. The number of alkyl halides is 1. The quantitative estimate of drug-likeness (QED) is 0.441. The van der Waals surface area contributed by atoms with Gasteiger partial charge in [-0.15, -0.1) is 24.8 Å². The fourth-order valence-electron chi connectivity index (χ4n) is 0.118. The first-order valence-electron chi connectivity index (χ1n) is 2.60. The molecule has 0 saturated carbocycles. The van der Waals surface area contributed by atoms with E-state index in [-0.39, 0.29) is 0 Å². The van der Waals surface area contributed by atoms with Gasteiger partial charge in [-0.3, -0.25) is 0 Å². The first-order valence-corrected chi connectivity index (χ1v) is 3.13. The third-order valence-electron chi connectivity index (χ3n) is 0.394. The Labute approximate surface area is 62.0 Å². The monoisotopic (exact) mass is 148 g/mol. The van der Waals surface area contributed by atoms with Crippen LogP contribution in [0.5, 0.6) is 0 Å². The predicted octanol–water partition coefficient (Wildman–Crippen LogP) is 2.23. The number of allylic oxidation sites excluding steroid dienone is 1. The Morgan fingerprint density at radius 3 is 1.89 bits per heavy atom. The largest absolute Gasteiger partial charge is 0.381 e. The maximum atomic E-state index is 5.07. The molecular formula is C7H13ClO. The minimum Gasteiger partial charge on any atom is -0.381 e. The maximum Gasteiger partial charge on any atom is 0.0641 e. The van der Waals surface area contributed by atoms with Gasteiger partial charge in [-0.2, -0.15) is 0 Å². The first kappa shape index (κ1) is 11.5. The molecule has 2 heteroatoms. The van der Waals surface area contributed by atoms with Gasteiger partial charge in [0.25, 0.3) is 0 Å². The highest BCUT2D eigenvalue weighted by molar-refractivity contribution is 6.18. The summed E-state index contributed by atoms with van der Waals surface area (Å²) >= 11 is 5.07. The first-order chi connectivity index (χ1) is 4.33. The van der Waals surface area contributed by atoms with E-state index in [1.165, 1.54) is 0 Å². The van der Waals surface area contributed by atoms with Gasteiger partial charge in [0.1, 0.15) is 0 Å². The SMILES string of the molecule is C=CCCl.C=CCOC. The summed E-state index contributed by atoms with van der Waals surface area (Å²) in [6.07, 6.45) is 3.35. The molecule has 54 valence electrons. The van der Waals surface area contributed by atoms with Crippen molar-refractivity contribution >= 4 is 11.6 Å². The van der Waals surface area contributed by atoms with Crippen LogP contribution < -0.4 is 0 Å². The molecule has 9 heavy (non-hydrogen) atoms. The lowest BCUT2D eigenvalue weighted by atomic mass is 10.7. The number of methoxy groups -OCH3 is 1. The van der Waals surface area contributed by atoms with E-state index in [1.54, 1.807) is 19.3 Å². The van der Waals surface area contributed by atoms with Crippen LogP contribution in [0, 0.1) is 0 Å². The normalized spacial score (nSPS) is 6.89. The van der Waals surface area contributed by atoms with Crippen molar-refractivity contribution in [2.24, 2.45) is 0 Å². The van der Waals surface area contributed by atoms with Gasteiger partial charge in [0.15, 0.2) is 0 Å². The van der Waals surface area contributed by atoms with Crippen LogP contribution in [-0.2, 0) is 4.74 Å². The highest BCUT2D eigenvalue weighted by atomic mass is 35.5. The third-order valence-corrected chi connectivity index (χ3v) is 0.612. The smallest absolute Gasteiger partial charge is 0.0641 e. The summed E-state index contributed by atoms with van der Waals surface area (Å²) in [6.45, 7) is 7.43. The van der Waals surface area contributed by atoms with Crippen molar-refractivity contribution in [1.29, 1.82) is 0 Å². The van der Waals surface area contributed by atoms with Crippen LogP contribution in [0.25, 0.3) is 0 Å². The number of rotatable bonds is 3. The molecule has 0 aliphatic rings. The topological polar surface area (TPSA) is 9.23 Å². The molecule has 1 nitrogen and oxygen atoms in total. The van der Waals surface area contributed by atoms with Gasteiger partial charge in [-0.1, -0.05) is 12.2 Å². The number of hydrogen-bond donors (Lipinski definition) is 0. The molecule has 0 aliphatic heterocycles. The minimum atomic E-state index is 0.556. The Balaban J connectivity index is 0. The van der Waals surface area contributed by atoms with E-state index < -0.39 is 0 Å². The van der Waals surface area contributed by atoms with Crippen LogP contribution in [0.4, 0.5) is 0 Å². The van der Waals surface area contributed by atoms with E-state index in [0.717, 1.165) is 0 Å². The van der Waals surface area contributed by atoms with Crippen LogP contribution in [0.2, 0.25) is 0 Å². The van der Waals surface area contributed by atoms with Crippen LogP contribution >= 0.6 is 11.6 Å². The van der Waals surface area contributed by atoms with Crippen molar-refractivity contribution in [3.8, 4) is 0 Å². The zero-order valence-corrected chi connectivity index (χ0v) is 6.53. The van der Waals surface area contributed by atoms with Gasteiger partial charge in [0, 0.05) is 13.0 Å². The van der Waals surface area contributed by atoms with Crippen LogP contribution in [0.1, 0.15) is 0 Å². The van der Waals surface area contributed by atoms with Gasteiger partial charge in [-0.25, -0.2) is 0 Å². The fraction of sp³-hybridized carbons (Fsp3) is 0.429. The summed E-state index contributed by atoms with van der Waals surface area (Å²) in [5.74, 6) is 0.556. The molecule has 0 aromatic rings. The average Bonchev–Trinajstić information content (AvgIpc) is 1.91. The second kappa shape index (κ2) is 15.6. The average molecular weight is 149 g/mol. The number of ether oxygens (including phenoxy) is 1. The fourth-order valence-corrected chi connectivity index (χ4v) is 0.118. The van der Waals surface area contributed by atoms with Crippen LogP contribution in [-0.4, -0.2) is 19.6 Å². The van der Waals surface area contributed by atoms with E-state index in [1.807, 2.05) is 0 Å². The van der Waals surface area contributed by atoms with Crippen molar-refractivity contribution < 1.29 is 4.74 Å². The molecule has 0 spiro atoms. The summed E-state index contributed by atoms with van der Waals surface area (Å²) in [7, 11) is 1.64. The van der Waals surface area contributed by atoms with Crippen LogP contribution in [0.3, 0.4) is 0 Å². The molecule has 0 N–H and O–H groups in total. The zero-order chi connectivity index (χ0) is 7.54. The van der Waals surface area contributed by atoms with Crippen molar-refractivity contribution in [2.45, 2.75) is 0 Å². The molecule has 0 rings (SSSR count). The summed E-state index contributed by atoms with van der Waals surface area (Å²) in [6, 6.07) is 0. The lowest BCUT2D eigenvalue weighted by Gasteiger charge is -1.79. The molecule has 0 aromatic carbocycles. The van der Waals surface area contributed by atoms with E-state index in [2.05, 4.69) is 17.9 Å². The van der Waals surface area contributed by atoms with Crippen molar-refractivity contribution in [2.75, 3.05) is 19.6 Å². The van der Waals surface area contributed by atoms with E-state index in [4.69, 9.17) is 11.6 Å². The molecule has 0 bridgehead atoms. The summed E-state index contributed by atoms with van der Waals surface area (Å²) in [5.41, 5.74) is 0. The molecule has 0 amide bonds. The zero-order valence-electron chi connectivity index (χ0n) is 5.77. The summed E-state index contributed by atoms with van der Waals surface area (Å²) < 4.78 is 4.57. The molecule has 0 saturated heterocycles. The van der Waals surface area contributed by atoms with Gasteiger partial charge < -0.3 is 4.74 Å². The molecule has 0 atom stereocenters. The lowest BCUT2D eigenvalue weighted by Crippen LogP contribution is -1.76. The standard InChI is InChI=1S/C4H8O.C3H5Cl/c1-3-4-5-2;1-2-3-4/h3H,1,4H2,2H3;2H,1,3H2. The predicted molar refractivity (Wildman–Crippen MR) is 43.0 cm³/mol. The second-order valence-electron chi connectivity index (χ2n) is 1.19. The lowest BCUT2D eigenvalue weighted by molar-refractivity contribution is 0.234. The highest BCUT2D eigenvalue weighted by Gasteiger charge is 1.58. The minimum absolute atomic E-state index is 0.556. The van der Waals surface area contributed by atoms with Crippen LogP contribution in [0.15, 0.2) is 25.3 Å². The van der Waals surface area contributed by atoms with E-state index in [0.29, 0.717) is 12.5 Å². The molecule has 0 heterocycles. The van der Waals surface area contributed by atoms with Crippen molar-refractivity contribution in [1.82, 2.24) is 0 Å². The molecule has 0 radical (unpaired) electrons. The van der Waals surface area contributed by atoms with Crippen molar-refractivity contribution in [3.63, 3.8) is 0 Å². The van der Waals surface area contributed by atoms with Gasteiger partial charge >= 0.3 is 0 Å². The molecular weight excluding hydrogens is 136 g/mol. The Kier molecular flexibility index (Phi) is 20.0. The van der Waals surface area contributed by atoms with Gasteiger partial charge in [0.05, 0.1) is 6.61 Å². The summed E-state index contributed by atoms with van der Waals surface area (Å²) in [4.78, 5) is 0. The van der Waals surface area contributed by atoms with E-state index >= 15 is 0 Å². The van der Waals surface area contributed by atoms with Gasteiger partial charge in [-0.05, 0) is 0 Å². The molecule has 0 fully saturated rings. The van der Waals surface area contributed by atoms with Crippen molar-refractivity contribution in [3.05, 3.63) is 25.3 Å². The highest BCUT2D eigenvalue weighted by Crippen LogP contribution is 1.67. The Bertz CT molecular complexity index is 61.9. The van der Waals surface area contributed by atoms with E-state index in [9.17, 15) is 0 Å². The Morgan fingerprint density at radius 2 is 1.89 bits per heavy atom. The Morgan fingerprint density at radius 1 is 1.44 bits per heavy atom. The molecule has 0 unspecified atom stereocenters. The Hall–Kier alpha value is -0.270. The van der Waals surface area contributed by atoms with Gasteiger partial charge in [0.2, 0.25) is 0 Å².